The van der Waals surface area contributed by atoms with E-state index < -0.39 is 0 Å². The number of anilines is 1. The maximum Gasteiger partial charge on any atom is 0.129 e. The van der Waals surface area contributed by atoms with Crippen LogP contribution in [0.4, 0.5) is 5.82 Å². The largest absolute Gasteiger partial charge is 0.359 e. The summed E-state index contributed by atoms with van der Waals surface area (Å²) >= 11 is 1.87. The molecule has 1 rings (SSSR count). The zero-order valence-electron chi connectivity index (χ0n) is 12.2. The fraction of sp³-hybridized carbons (Fsp3) is 0.769. The van der Waals surface area contributed by atoms with E-state index in [0.29, 0.717) is 0 Å². The van der Waals surface area contributed by atoms with Gasteiger partial charge in [0.25, 0.3) is 0 Å². The Morgan fingerprint density at radius 3 is 2.72 bits per heavy atom. The molecule has 1 atom stereocenters. The van der Waals surface area contributed by atoms with Crippen molar-refractivity contribution in [1.82, 2.24) is 9.78 Å². The number of rotatable bonds is 7. The van der Waals surface area contributed by atoms with Crippen LogP contribution in [0.3, 0.4) is 0 Å². The molecule has 0 aliphatic heterocycles. The number of thioether (sulfide) groups is 1. The molecule has 0 fully saturated rings. The average molecular weight is 270 g/mol. The minimum atomic E-state index is 0.223. The summed E-state index contributed by atoms with van der Waals surface area (Å²) in [7, 11) is 4.15. The van der Waals surface area contributed by atoms with Crippen LogP contribution in [0.2, 0.25) is 0 Å². The molecule has 1 unspecified atom stereocenters. The van der Waals surface area contributed by atoms with Crippen LogP contribution in [0.25, 0.3) is 0 Å². The lowest BCUT2D eigenvalue weighted by molar-refractivity contribution is 0.643. The van der Waals surface area contributed by atoms with Crippen LogP contribution >= 0.6 is 11.8 Å². The van der Waals surface area contributed by atoms with Crippen molar-refractivity contribution < 1.29 is 0 Å². The molecule has 1 aromatic heterocycles. The zero-order chi connectivity index (χ0) is 13.7. The van der Waals surface area contributed by atoms with Crippen molar-refractivity contribution >= 4 is 17.6 Å². The van der Waals surface area contributed by atoms with Gasteiger partial charge in [0.15, 0.2) is 0 Å². The highest BCUT2D eigenvalue weighted by Crippen LogP contribution is 2.24. The fourth-order valence-corrected chi connectivity index (χ4v) is 2.60. The molecule has 1 aromatic rings. The molecule has 0 aromatic carbocycles. The molecule has 1 heterocycles. The SMILES string of the molecule is CCC(N)Cc1c(C)nn(C)c1N(C)CCSC. The Morgan fingerprint density at radius 1 is 1.50 bits per heavy atom. The summed E-state index contributed by atoms with van der Waals surface area (Å²) in [6, 6.07) is 0.223. The number of aromatic nitrogens is 2. The highest BCUT2D eigenvalue weighted by molar-refractivity contribution is 7.98. The van der Waals surface area contributed by atoms with Gasteiger partial charge in [-0.2, -0.15) is 16.9 Å². The van der Waals surface area contributed by atoms with E-state index in [1.807, 2.05) is 23.5 Å². The Morgan fingerprint density at radius 2 is 2.17 bits per heavy atom. The van der Waals surface area contributed by atoms with Crippen LogP contribution in [-0.4, -0.2) is 41.4 Å². The molecule has 0 saturated heterocycles. The lowest BCUT2D eigenvalue weighted by Gasteiger charge is -2.21. The average Bonchev–Trinajstić information content (AvgIpc) is 2.61. The molecule has 4 nitrogen and oxygen atoms in total. The Kier molecular flexibility index (Phi) is 6.02. The monoisotopic (exact) mass is 270 g/mol. The highest BCUT2D eigenvalue weighted by atomic mass is 32.2. The summed E-state index contributed by atoms with van der Waals surface area (Å²) in [6.07, 6.45) is 4.05. The third-order valence-corrected chi connectivity index (χ3v) is 3.89. The summed E-state index contributed by atoms with van der Waals surface area (Å²) in [5, 5.41) is 4.54. The second-order valence-corrected chi connectivity index (χ2v) is 5.78. The van der Waals surface area contributed by atoms with Crippen LogP contribution in [0.1, 0.15) is 24.6 Å². The molecule has 18 heavy (non-hydrogen) atoms. The molecule has 0 radical (unpaired) electrons. The van der Waals surface area contributed by atoms with Gasteiger partial charge in [-0.15, -0.1) is 0 Å². The highest BCUT2D eigenvalue weighted by Gasteiger charge is 2.18. The number of hydrogen-bond acceptors (Lipinski definition) is 4. The van der Waals surface area contributed by atoms with Gasteiger partial charge in [-0.3, -0.25) is 4.68 Å². The molecule has 0 amide bonds. The first-order valence-electron chi connectivity index (χ1n) is 6.49. The summed E-state index contributed by atoms with van der Waals surface area (Å²) in [5.74, 6) is 2.34. The van der Waals surface area contributed by atoms with E-state index in [2.05, 4.69) is 37.1 Å². The molecule has 104 valence electrons. The minimum Gasteiger partial charge on any atom is -0.359 e. The van der Waals surface area contributed by atoms with Gasteiger partial charge in [-0.05, 0) is 26.0 Å². The maximum absolute atomic E-state index is 6.09. The third-order valence-electron chi connectivity index (χ3n) is 3.30. The van der Waals surface area contributed by atoms with Crippen LogP contribution < -0.4 is 10.6 Å². The topological polar surface area (TPSA) is 47.1 Å². The smallest absolute Gasteiger partial charge is 0.129 e. The number of nitrogens with zero attached hydrogens (tertiary/aromatic N) is 3. The van der Waals surface area contributed by atoms with Gasteiger partial charge in [0.05, 0.1) is 5.69 Å². The van der Waals surface area contributed by atoms with E-state index in [9.17, 15) is 0 Å². The maximum atomic E-state index is 6.09. The van der Waals surface area contributed by atoms with Crippen molar-refractivity contribution in [2.75, 3.05) is 30.5 Å². The first kappa shape index (κ1) is 15.4. The van der Waals surface area contributed by atoms with Gasteiger partial charge in [-0.25, -0.2) is 0 Å². The van der Waals surface area contributed by atoms with Gasteiger partial charge in [0.2, 0.25) is 0 Å². The van der Waals surface area contributed by atoms with Gasteiger partial charge >= 0.3 is 0 Å². The Hall–Kier alpha value is -0.680. The van der Waals surface area contributed by atoms with E-state index in [-0.39, 0.29) is 6.04 Å². The number of aryl methyl sites for hydroxylation is 2. The second kappa shape index (κ2) is 7.04. The molecule has 5 heteroatoms. The molecule has 0 aliphatic rings. The second-order valence-electron chi connectivity index (χ2n) is 4.80. The van der Waals surface area contributed by atoms with Crippen molar-refractivity contribution in [2.45, 2.75) is 32.7 Å². The molecular weight excluding hydrogens is 244 g/mol. The number of hydrogen-bond donors (Lipinski definition) is 1. The van der Waals surface area contributed by atoms with E-state index in [0.717, 1.165) is 30.8 Å². The van der Waals surface area contributed by atoms with E-state index in [1.165, 1.54) is 11.4 Å². The van der Waals surface area contributed by atoms with Crippen molar-refractivity contribution in [1.29, 1.82) is 0 Å². The standard InChI is InChI=1S/C13H26N4S/c1-6-11(14)9-12-10(2)15-17(4)13(12)16(3)7-8-18-5/h11H,6-9,14H2,1-5H3. The fourth-order valence-electron chi connectivity index (χ4n) is 2.15. The quantitative estimate of drug-likeness (QED) is 0.821. The third kappa shape index (κ3) is 3.65. The summed E-state index contributed by atoms with van der Waals surface area (Å²) in [4.78, 5) is 2.29. The molecule has 0 saturated carbocycles. The molecule has 0 spiro atoms. The summed E-state index contributed by atoms with van der Waals surface area (Å²) < 4.78 is 1.98. The minimum absolute atomic E-state index is 0.223. The predicted octanol–water partition coefficient (Wildman–Crippen LogP) is 1.81. The Labute approximate surface area is 115 Å². The van der Waals surface area contributed by atoms with Crippen molar-refractivity contribution in [2.24, 2.45) is 12.8 Å². The Balaban J connectivity index is 2.94. The van der Waals surface area contributed by atoms with Crippen LogP contribution in [0, 0.1) is 6.92 Å². The summed E-state index contributed by atoms with van der Waals surface area (Å²) in [6.45, 7) is 5.24. The lowest BCUT2D eigenvalue weighted by atomic mass is 10.0. The first-order valence-corrected chi connectivity index (χ1v) is 7.88. The lowest BCUT2D eigenvalue weighted by Crippen LogP contribution is -2.26. The van der Waals surface area contributed by atoms with E-state index in [1.54, 1.807) is 0 Å². The zero-order valence-corrected chi connectivity index (χ0v) is 13.0. The molecule has 2 N–H and O–H groups in total. The Bertz CT molecular complexity index is 375. The van der Waals surface area contributed by atoms with Crippen molar-refractivity contribution in [3.8, 4) is 0 Å². The van der Waals surface area contributed by atoms with Gasteiger partial charge in [-0.1, -0.05) is 6.92 Å². The van der Waals surface area contributed by atoms with Crippen LogP contribution in [-0.2, 0) is 13.5 Å². The predicted molar refractivity (Wildman–Crippen MR) is 81.6 cm³/mol. The molecular formula is C13H26N4S. The van der Waals surface area contributed by atoms with E-state index >= 15 is 0 Å². The first-order chi connectivity index (χ1) is 8.51. The van der Waals surface area contributed by atoms with Crippen LogP contribution in [0.15, 0.2) is 0 Å². The molecule has 0 bridgehead atoms. The van der Waals surface area contributed by atoms with Gasteiger partial charge in [0, 0.05) is 38.0 Å². The van der Waals surface area contributed by atoms with Crippen LogP contribution in [0.5, 0.6) is 0 Å². The van der Waals surface area contributed by atoms with Gasteiger partial charge < -0.3 is 10.6 Å². The summed E-state index contributed by atoms with van der Waals surface area (Å²) in [5.41, 5.74) is 8.50. The molecule has 0 aliphatic carbocycles. The van der Waals surface area contributed by atoms with Gasteiger partial charge in [0.1, 0.15) is 5.82 Å². The van der Waals surface area contributed by atoms with E-state index in [4.69, 9.17) is 5.73 Å². The van der Waals surface area contributed by atoms with Crippen molar-refractivity contribution in [3.63, 3.8) is 0 Å². The number of nitrogens with two attached hydrogens (primary N) is 1. The normalized spacial score (nSPS) is 12.8. The van der Waals surface area contributed by atoms with Crippen molar-refractivity contribution in [3.05, 3.63) is 11.3 Å².